The molecule has 2 atom stereocenters. The number of allylic oxidation sites excluding steroid dienone is 4. The van der Waals surface area contributed by atoms with E-state index in [0.717, 1.165) is 6.07 Å². The van der Waals surface area contributed by atoms with Crippen LogP contribution in [0.1, 0.15) is 113 Å². The summed E-state index contributed by atoms with van der Waals surface area (Å²) >= 11 is 5.48. The summed E-state index contributed by atoms with van der Waals surface area (Å²) in [6.45, 7) is 2.57. The topological polar surface area (TPSA) is 432 Å². The molecule has 1 aliphatic heterocycles. The predicted octanol–water partition coefficient (Wildman–Crippen LogP) is 0.536. The third kappa shape index (κ3) is 21.1. The second-order valence-corrected chi connectivity index (χ2v) is 26.3. The van der Waals surface area contributed by atoms with Gasteiger partial charge in [-0.15, -0.1) is 0 Å². The monoisotopic (exact) mass is 1200 g/mol. The van der Waals surface area contributed by atoms with Crippen LogP contribution < -0.4 is 26.2 Å². The van der Waals surface area contributed by atoms with E-state index in [1.54, 1.807) is 31.7 Å². The van der Waals surface area contributed by atoms with Crippen LogP contribution in [-0.4, -0.2) is 165 Å². The van der Waals surface area contributed by atoms with Gasteiger partial charge in [0.15, 0.2) is 0 Å². The van der Waals surface area contributed by atoms with Gasteiger partial charge in [-0.1, -0.05) is 0 Å². The Labute approximate surface area is 442 Å². The molecule has 0 bridgehead atoms. The summed E-state index contributed by atoms with van der Waals surface area (Å²) in [5, 5.41) is 30.6. The van der Waals surface area contributed by atoms with E-state index in [1.807, 2.05) is 0 Å². The van der Waals surface area contributed by atoms with Gasteiger partial charge in [-0.2, -0.15) is 16.8 Å². The maximum absolute atomic E-state index is 13.7. The molecule has 0 aliphatic carbocycles. The van der Waals surface area contributed by atoms with E-state index in [1.165, 1.54) is 36.4 Å². The van der Waals surface area contributed by atoms with E-state index in [0.29, 0.717) is 24.1 Å². The Hall–Kier alpha value is -4.57. The number of carbonyl (C=O) groups is 4. The zero-order chi connectivity index (χ0) is 57.0. The summed E-state index contributed by atoms with van der Waals surface area (Å²) in [5.41, 5.74) is -2.16. The van der Waals surface area contributed by atoms with Crippen molar-refractivity contribution in [3.63, 3.8) is 0 Å². The fourth-order valence-electron chi connectivity index (χ4n) is 8.05. The molecule has 0 radical (unpaired) electrons. The third-order valence-electron chi connectivity index (χ3n) is 11.6. The van der Waals surface area contributed by atoms with Gasteiger partial charge in [0.25, 0.3) is 20.2 Å². The average molecular weight is 1200 g/mol. The fraction of sp³-hybridized carbons (Fsp3) is 0.512. The molecule has 2 aromatic rings. The van der Waals surface area contributed by atoms with Crippen molar-refractivity contribution in [2.45, 2.75) is 76.4 Å². The number of amides is 3. The molecule has 0 fully saturated rings. The van der Waals surface area contributed by atoms with Gasteiger partial charge in [0.05, 0.1) is 5.75 Å². The number of carbonyl (C=O) groups excluding carboxylic acids is 3. The summed E-state index contributed by atoms with van der Waals surface area (Å²) in [6.07, 6.45) is 3.41. The van der Waals surface area contributed by atoms with Crippen molar-refractivity contribution < 1.29 is 109 Å². The number of aliphatic hydroxyl groups is 1. The first kappa shape index (κ1) is 64.7. The van der Waals surface area contributed by atoms with E-state index >= 15 is 0 Å². The molecule has 2 aromatic carbocycles. The number of rotatable bonds is 31. The molecule has 0 aromatic heterocycles. The number of fused-ring (bicyclic) bond motifs is 1. The van der Waals surface area contributed by atoms with Crippen LogP contribution in [-0.2, 0) is 81.2 Å². The van der Waals surface area contributed by atoms with Crippen molar-refractivity contribution in [1.82, 2.24) is 21.3 Å². The van der Waals surface area contributed by atoms with Gasteiger partial charge in [0, 0.05) is 0 Å². The van der Waals surface area contributed by atoms with Crippen LogP contribution in [0.5, 0.6) is 0 Å². The first-order chi connectivity index (χ1) is 34.3. The second kappa shape index (κ2) is 26.7. The Balaban J connectivity index is 2.32. The van der Waals surface area contributed by atoms with Crippen LogP contribution >= 0.6 is 0 Å². The zero-order valence-electron chi connectivity index (χ0n) is 40.7. The Morgan fingerprint density at radius 2 is 1.19 bits per heavy atom. The molecule has 75 heavy (non-hydrogen) atoms. The number of nitrogens with one attached hydrogen (secondary N) is 4. The standard InChI is InChI=1S/C43H61N5O21S5.Ni/c1-42(2,33-13-12-29(38(51)44-16-22-71(58,59)60)26-31(33)40(53)46-18-24-73(64,65)66)14-8-6-10-35-43(3,15-7-4-5-11-36(49)50)37-32(41(54)47-19-25-74(67,68)69)27-30(39(52)45-17-23-72(61,62)63)28-34(37)48(35)20-9-21-70(55,56)57;/h6,8,10,12-13,26-28,41,47,54H,4-5,7,9,11,15-25H2,1-3H3,(H,44,51)(H,45,52)(H,46,53)(H,49,50)(H,55,56,57)(H,58,59,60)(H,61,62,63)(H,64,65,66)(H,67,68,69);/b8-6+,35-10+;. The maximum atomic E-state index is 13.7. The molecule has 0 spiro atoms. The first-order valence-corrected chi connectivity index (χ1v) is 31.1. The van der Waals surface area contributed by atoms with Crippen molar-refractivity contribution in [1.29, 1.82) is 0 Å². The van der Waals surface area contributed by atoms with Gasteiger partial charge in [0.1, 0.15) is 0 Å². The van der Waals surface area contributed by atoms with Crippen LogP contribution in [0, 0.1) is 0 Å². The van der Waals surface area contributed by atoms with Crippen LogP contribution in [0.15, 0.2) is 54.3 Å². The van der Waals surface area contributed by atoms with Crippen LogP contribution in [0.4, 0.5) is 5.69 Å². The molecular weight excluding hydrogens is 1140 g/mol. The van der Waals surface area contributed by atoms with Crippen LogP contribution in [0.25, 0.3) is 0 Å². The molecule has 0 saturated carbocycles. The minimum absolute atomic E-state index is 0.0419. The third-order valence-corrected chi connectivity index (χ3v) is 16.1. The number of unbranched alkanes of at least 4 members (excludes halogenated alkanes) is 2. The van der Waals surface area contributed by atoms with Crippen molar-refractivity contribution in [3.8, 4) is 0 Å². The minimum atomic E-state index is -4.56. The fourth-order valence-corrected chi connectivity index (χ4v) is 10.2. The van der Waals surface area contributed by atoms with Crippen LogP contribution in [0.2, 0.25) is 0 Å². The molecule has 424 valence electrons. The first-order valence-electron chi connectivity index (χ1n) is 22.6. The molecule has 0 saturated heterocycles. The van der Waals surface area contributed by atoms with Gasteiger partial charge >= 0.3 is 384 Å². The number of hydrogen-bond acceptors (Lipinski definition) is 17. The van der Waals surface area contributed by atoms with Gasteiger partial charge in [-0.25, -0.2) is 0 Å². The quantitative estimate of drug-likeness (QED) is 0.0212. The Kier molecular flexibility index (Phi) is 23.0. The number of nitrogens with zero attached hydrogens (tertiary/aromatic N) is 1. The average Bonchev–Trinajstić information content (AvgIpc) is 3.49. The Bertz CT molecular complexity index is 3130. The van der Waals surface area contributed by atoms with Crippen molar-refractivity contribution >= 4 is 84.5 Å². The molecule has 3 amide bonds. The number of aliphatic carboxylic acids is 1. The van der Waals surface area contributed by atoms with Gasteiger partial charge < -0.3 is 5.11 Å². The Morgan fingerprint density at radius 3 is 1.71 bits per heavy atom. The number of hydrogen-bond donors (Lipinski definition) is 11. The molecule has 26 nitrogen and oxygen atoms in total. The number of carboxylic acids is 1. The van der Waals surface area contributed by atoms with E-state index in [2.05, 4.69) is 21.3 Å². The number of carboxylic acid groups (broad SMARTS) is 1. The summed E-state index contributed by atoms with van der Waals surface area (Å²) in [6, 6.07) is 6.39. The van der Waals surface area contributed by atoms with Gasteiger partial charge in [-0.3, -0.25) is 13.9 Å². The van der Waals surface area contributed by atoms with Gasteiger partial charge in [0.2, 0.25) is 0 Å². The number of anilines is 1. The van der Waals surface area contributed by atoms with E-state index in [9.17, 15) is 89.7 Å². The molecule has 11 N–H and O–H groups in total. The summed E-state index contributed by atoms with van der Waals surface area (Å²) < 4.78 is 162. The van der Waals surface area contributed by atoms with E-state index in [-0.39, 0.29) is 70.2 Å². The van der Waals surface area contributed by atoms with Crippen molar-refractivity contribution in [3.05, 3.63) is 87.6 Å². The Morgan fingerprint density at radius 1 is 0.680 bits per heavy atom. The van der Waals surface area contributed by atoms with Crippen molar-refractivity contribution in [2.24, 2.45) is 0 Å². The van der Waals surface area contributed by atoms with Crippen molar-refractivity contribution in [2.75, 3.05) is 66.4 Å². The second-order valence-electron chi connectivity index (χ2n) is 17.9. The molecule has 1 aliphatic rings. The predicted molar refractivity (Wildman–Crippen MR) is 270 cm³/mol. The van der Waals surface area contributed by atoms with E-state index < -0.39 is 146 Å². The zero-order valence-corrected chi connectivity index (χ0v) is 45.7. The van der Waals surface area contributed by atoms with Crippen LogP contribution in [0.3, 0.4) is 0 Å². The molecule has 3 rings (SSSR count). The molecule has 2 unspecified atom stereocenters. The number of aliphatic hydroxyl groups excluding tert-OH is 1. The molecule has 32 heteroatoms. The summed E-state index contributed by atoms with van der Waals surface area (Å²) in [4.78, 5) is 53.4. The molecule has 1 heterocycles. The summed E-state index contributed by atoms with van der Waals surface area (Å²) in [5.74, 6) is -7.93. The SMILES string of the molecule is CC(C)([C](=[Ni])/C=C/C=C1/N(CCCS(=O)(=O)O)c2cc(C(=O)NCCS(=O)(=O)O)cc(C(O)NCCS(=O)(=O)O)c2C1(C)CCCCCC(=O)O)c1ccc(C(=O)NCCS(=O)(=O)O)cc1C(=O)NCCS(=O)(=O)O. The normalized spacial score (nSPS) is 16.5. The van der Waals surface area contributed by atoms with E-state index in [4.69, 9.17) is 19.6 Å². The summed E-state index contributed by atoms with van der Waals surface area (Å²) in [7, 11) is -22.6. The number of benzene rings is 2. The molecular formula is C43H61N5NiO21S5. The van der Waals surface area contributed by atoms with Gasteiger partial charge in [-0.05, 0) is 0 Å².